The van der Waals surface area contributed by atoms with Crippen LogP contribution < -0.4 is 11.3 Å². The highest BCUT2D eigenvalue weighted by atomic mass is 79.9. The Morgan fingerprint density at radius 2 is 2.40 bits per heavy atom. The third-order valence-electron chi connectivity index (χ3n) is 1.63. The number of nitrogens with one attached hydrogen (secondary N) is 1. The van der Waals surface area contributed by atoms with Crippen molar-refractivity contribution in [1.82, 2.24) is 9.97 Å². The average Bonchev–Trinajstić information content (AvgIpc) is 2.26. The molecular weight excluding hydrogens is 280 g/mol. The number of nitrogens with zero attached hydrogens (tertiary/aromatic N) is 2. The van der Waals surface area contributed by atoms with Crippen LogP contribution in [0.4, 0.5) is 5.82 Å². The lowest BCUT2D eigenvalue weighted by Gasteiger charge is -2.06. The van der Waals surface area contributed by atoms with Gasteiger partial charge in [-0.3, -0.25) is 0 Å². The molecule has 0 radical (unpaired) electrons. The SMILES string of the molecule is COCCCSc1ncnc(NN)c1Br. The van der Waals surface area contributed by atoms with Crippen LogP contribution in [0, 0.1) is 0 Å². The van der Waals surface area contributed by atoms with Crippen LogP contribution in [0.25, 0.3) is 0 Å². The van der Waals surface area contributed by atoms with Gasteiger partial charge in [-0.25, -0.2) is 15.8 Å². The van der Waals surface area contributed by atoms with Gasteiger partial charge in [-0.1, -0.05) is 0 Å². The number of thioether (sulfide) groups is 1. The lowest BCUT2D eigenvalue weighted by molar-refractivity contribution is 0.200. The van der Waals surface area contributed by atoms with Crippen molar-refractivity contribution >= 4 is 33.5 Å². The van der Waals surface area contributed by atoms with E-state index >= 15 is 0 Å². The zero-order valence-electron chi connectivity index (χ0n) is 8.36. The number of methoxy groups -OCH3 is 1. The fourth-order valence-electron chi connectivity index (χ4n) is 0.927. The Hall–Kier alpha value is -0.370. The molecule has 0 aliphatic carbocycles. The summed E-state index contributed by atoms with van der Waals surface area (Å²) in [6, 6.07) is 0. The molecule has 3 N–H and O–H groups in total. The summed E-state index contributed by atoms with van der Waals surface area (Å²) in [6.45, 7) is 0.762. The van der Waals surface area contributed by atoms with Gasteiger partial charge in [0, 0.05) is 19.5 Å². The van der Waals surface area contributed by atoms with Gasteiger partial charge in [0.2, 0.25) is 0 Å². The van der Waals surface area contributed by atoms with E-state index in [1.165, 1.54) is 6.33 Å². The average molecular weight is 293 g/mol. The van der Waals surface area contributed by atoms with Crippen LogP contribution in [0.15, 0.2) is 15.8 Å². The Balaban J connectivity index is 2.53. The van der Waals surface area contributed by atoms with Crippen molar-refractivity contribution in [2.75, 3.05) is 24.9 Å². The monoisotopic (exact) mass is 292 g/mol. The zero-order chi connectivity index (χ0) is 11.1. The predicted molar refractivity (Wildman–Crippen MR) is 64.8 cm³/mol. The van der Waals surface area contributed by atoms with Crippen LogP contribution >= 0.6 is 27.7 Å². The van der Waals surface area contributed by atoms with E-state index in [-0.39, 0.29) is 0 Å². The molecule has 5 nitrogen and oxygen atoms in total. The maximum absolute atomic E-state index is 5.30. The highest BCUT2D eigenvalue weighted by Gasteiger charge is 2.07. The molecule has 84 valence electrons. The van der Waals surface area contributed by atoms with Crippen molar-refractivity contribution < 1.29 is 4.74 Å². The molecular formula is C8H13BrN4OS. The van der Waals surface area contributed by atoms with Gasteiger partial charge in [0.25, 0.3) is 0 Å². The second-order valence-corrected chi connectivity index (χ2v) is 4.56. The fourth-order valence-corrected chi connectivity index (χ4v) is 2.39. The lowest BCUT2D eigenvalue weighted by Crippen LogP contribution is -2.09. The molecule has 7 heteroatoms. The van der Waals surface area contributed by atoms with E-state index in [1.807, 2.05) is 0 Å². The topological polar surface area (TPSA) is 73.1 Å². The van der Waals surface area contributed by atoms with Crippen molar-refractivity contribution in [1.29, 1.82) is 0 Å². The number of nitrogens with two attached hydrogens (primary N) is 1. The van der Waals surface area contributed by atoms with E-state index in [0.29, 0.717) is 5.82 Å². The summed E-state index contributed by atoms with van der Waals surface area (Å²) in [6.07, 6.45) is 2.47. The summed E-state index contributed by atoms with van der Waals surface area (Å²) in [4.78, 5) is 8.12. The van der Waals surface area contributed by atoms with Crippen molar-refractivity contribution in [3.05, 3.63) is 10.8 Å². The number of aromatic nitrogens is 2. The van der Waals surface area contributed by atoms with Gasteiger partial charge in [0.1, 0.15) is 11.4 Å². The Morgan fingerprint density at radius 3 is 3.07 bits per heavy atom. The van der Waals surface area contributed by atoms with Crippen molar-refractivity contribution in [3.63, 3.8) is 0 Å². The summed E-state index contributed by atoms with van der Waals surface area (Å²) in [7, 11) is 1.70. The molecule has 15 heavy (non-hydrogen) atoms. The van der Waals surface area contributed by atoms with Gasteiger partial charge in [-0.2, -0.15) is 0 Å². The van der Waals surface area contributed by atoms with Crippen molar-refractivity contribution in [2.45, 2.75) is 11.4 Å². The largest absolute Gasteiger partial charge is 0.385 e. The Kier molecular flexibility index (Phi) is 5.92. The van der Waals surface area contributed by atoms with E-state index in [9.17, 15) is 0 Å². The van der Waals surface area contributed by atoms with Gasteiger partial charge >= 0.3 is 0 Å². The molecule has 0 bridgehead atoms. The normalized spacial score (nSPS) is 10.3. The number of anilines is 1. The second-order valence-electron chi connectivity index (χ2n) is 2.68. The molecule has 0 fully saturated rings. The summed E-state index contributed by atoms with van der Waals surface area (Å²) in [5, 5.41) is 0.883. The molecule has 0 aromatic carbocycles. The minimum Gasteiger partial charge on any atom is -0.385 e. The molecule has 0 aliphatic heterocycles. The summed E-state index contributed by atoms with van der Waals surface area (Å²) < 4.78 is 5.77. The first kappa shape index (κ1) is 12.7. The maximum atomic E-state index is 5.30. The van der Waals surface area contributed by atoms with Gasteiger partial charge in [0.15, 0.2) is 5.82 Å². The summed E-state index contributed by atoms with van der Waals surface area (Å²) >= 11 is 5.03. The van der Waals surface area contributed by atoms with Gasteiger partial charge in [-0.05, 0) is 22.4 Å². The van der Waals surface area contributed by atoms with E-state index < -0.39 is 0 Å². The summed E-state index contributed by atoms with van der Waals surface area (Å²) in [5.41, 5.74) is 2.50. The minimum atomic E-state index is 0.597. The van der Waals surface area contributed by atoms with E-state index in [1.54, 1.807) is 18.9 Å². The van der Waals surface area contributed by atoms with Crippen LogP contribution in [0.5, 0.6) is 0 Å². The molecule has 1 aromatic rings. The quantitative estimate of drug-likeness (QED) is 0.273. The van der Waals surface area contributed by atoms with Crippen LogP contribution in [0.2, 0.25) is 0 Å². The first-order valence-electron chi connectivity index (χ1n) is 4.38. The molecule has 0 unspecified atom stereocenters. The molecule has 0 atom stereocenters. The van der Waals surface area contributed by atoms with Crippen LogP contribution in [0.1, 0.15) is 6.42 Å². The molecule has 0 amide bonds. The van der Waals surface area contributed by atoms with Gasteiger partial charge in [-0.15, -0.1) is 11.8 Å². The molecule has 0 saturated carbocycles. The van der Waals surface area contributed by atoms with Gasteiger partial charge in [0.05, 0.1) is 4.47 Å². The van der Waals surface area contributed by atoms with Crippen molar-refractivity contribution in [3.8, 4) is 0 Å². The highest BCUT2D eigenvalue weighted by molar-refractivity contribution is 9.10. The molecule has 0 aliphatic rings. The van der Waals surface area contributed by atoms with Gasteiger partial charge < -0.3 is 10.2 Å². The third kappa shape index (κ3) is 3.94. The number of halogens is 1. The molecule has 1 heterocycles. The lowest BCUT2D eigenvalue weighted by atomic mass is 10.5. The molecule has 0 saturated heterocycles. The number of ether oxygens (including phenoxy) is 1. The Bertz CT molecular complexity index is 313. The van der Waals surface area contributed by atoms with Crippen LogP contribution in [-0.2, 0) is 4.74 Å². The molecule has 0 spiro atoms. The van der Waals surface area contributed by atoms with Crippen LogP contribution in [-0.4, -0.2) is 29.4 Å². The van der Waals surface area contributed by atoms with E-state index in [4.69, 9.17) is 10.6 Å². The maximum Gasteiger partial charge on any atom is 0.158 e. The van der Waals surface area contributed by atoms with Crippen LogP contribution in [0.3, 0.4) is 0 Å². The number of nitrogen functional groups attached to an aromatic ring is 1. The number of hydrogen-bond donors (Lipinski definition) is 2. The fraction of sp³-hybridized carbons (Fsp3) is 0.500. The first-order chi connectivity index (χ1) is 7.29. The van der Waals surface area contributed by atoms with E-state index in [2.05, 4.69) is 31.3 Å². The third-order valence-corrected chi connectivity index (χ3v) is 3.72. The van der Waals surface area contributed by atoms with E-state index in [0.717, 1.165) is 28.3 Å². The Labute approximate surface area is 101 Å². The number of hydrogen-bond acceptors (Lipinski definition) is 6. The first-order valence-corrected chi connectivity index (χ1v) is 6.16. The minimum absolute atomic E-state index is 0.597. The smallest absolute Gasteiger partial charge is 0.158 e. The summed E-state index contributed by atoms with van der Waals surface area (Å²) in [5.74, 6) is 6.84. The van der Waals surface area contributed by atoms with Crippen molar-refractivity contribution in [2.24, 2.45) is 5.84 Å². The number of rotatable bonds is 6. The predicted octanol–water partition coefficient (Wildman–Crippen LogP) is 1.65. The molecule has 1 rings (SSSR count). The second kappa shape index (κ2) is 7.00. The zero-order valence-corrected chi connectivity index (χ0v) is 10.8. The highest BCUT2D eigenvalue weighted by Crippen LogP contribution is 2.29. The standard InChI is InChI=1S/C8H13BrN4OS/c1-14-3-2-4-15-8-6(9)7(13-10)11-5-12-8/h5H,2-4,10H2,1H3,(H,11,12,13). The number of hydrazine groups is 1. The molecule has 1 aromatic heterocycles. The Morgan fingerprint density at radius 1 is 1.60 bits per heavy atom.